The first-order valence-corrected chi connectivity index (χ1v) is 3.83. The lowest BCUT2D eigenvalue weighted by atomic mass is 9.75. The van der Waals surface area contributed by atoms with Gasteiger partial charge in [0.25, 0.3) is 0 Å². The molecule has 0 bridgehead atoms. The van der Waals surface area contributed by atoms with Crippen LogP contribution in [0.2, 0.25) is 0 Å². The Labute approximate surface area is 70.1 Å². The third kappa shape index (κ3) is 1.74. The van der Waals surface area contributed by atoms with Gasteiger partial charge in [0, 0.05) is 12.8 Å². The fourth-order valence-electron chi connectivity index (χ4n) is 1.26. The molecule has 1 saturated carbocycles. The third-order valence-electron chi connectivity index (χ3n) is 2.05. The Hall–Kier alpha value is -0.650. The minimum atomic E-state index is -1.10. The molecule has 1 rings (SSSR count). The molecule has 5 heteroatoms. The highest BCUT2D eigenvalue weighted by Crippen LogP contribution is 2.32. The number of aliphatic carboxylic acids is 1. The van der Waals surface area contributed by atoms with Gasteiger partial charge >= 0.3 is 5.97 Å². The lowest BCUT2D eigenvalue weighted by Crippen LogP contribution is -2.60. The van der Waals surface area contributed by atoms with Crippen molar-refractivity contribution in [2.24, 2.45) is 5.73 Å². The van der Waals surface area contributed by atoms with Gasteiger partial charge in [-0.3, -0.25) is 4.79 Å². The van der Waals surface area contributed by atoms with Crippen molar-refractivity contribution >= 4 is 5.97 Å². The first kappa shape index (κ1) is 9.44. The van der Waals surface area contributed by atoms with E-state index >= 15 is 0 Å². The largest absolute Gasteiger partial charge is 0.480 e. The molecule has 1 fully saturated rings. The second-order valence-electron chi connectivity index (χ2n) is 3.09. The van der Waals surface area contributed by atoms with Crippen molar-refractivity contribution in [3.63, 3.8) is 0 Å². The number of hydrogen-bond acceptors (Lipinski definition) is 4. The van der Waals surface area contributed by atoms with Gasteiger partial charge in [-0.05, 0) is 0 Å². The summed E-state index contributed by atoms with van der Waals surface area (Å²) >= 11 is 0. The van der Waals surface area contributed by atoms with Crippen molar-refractivity contribution in [3.8, 4) is 0 Å². The number of nitrogens with two attached hydrogens (primary N) is 1. The maximum Gasteiger partial charge on any atom is 0.323 e. The van der Waals surface area contributed by atoms with Gasteiger partial charge in [0.15, 0.2) is 0 Å². The molecule has 0 heterocycles. The van der Waals surface area contributed by atoms with Crippen LogP contribution in [0, 0.1) is 0 Å². The van der Waals surface area contributed by atoms with Crippen LogP contribution in [-0.4, -0.2) is 41.0 Å². The lowest BCUT2D eigenvalue weighted by Gasteiger charge is -2.40. The van der Waals surface area contributed by atoms with Crippen LogP contribution < -0.4 is 5.73 Å². The van der Waals surface area contributed by atoms with Crippen molar-refractivity contribution in [1.82, 2.24) is 0 Å². The van der Waals surface area contributed by atoms with E-state index in [1.54, 1.807) is 0 Å². The van der Waals surface area contributed by atoms with Crippen LogP contribution in [0.5, 0.6) is 0 Å². The predicted molar refractivity (Wildman–Crippen MR) is 40.6 cm³/mol. The van der Waals surface area contributed by atoms with Crippen molar-refractivity contribution < 1.29 is 19.7 Å². The number of carboxylic acid groups (broad SMARTS) is 1. The van der Waals surface area contributed by atoms with Gasteiger partial charge in [-0.1, -0.05) is 0 Å². The topological polar surface area (TPSA) is 92.8 Å². The van der Waals surface area contributed by atoms with E-state index < -0.39 is 11.5 Å². The standard InChI is InChI=1S/C7H13NO4/c8-7(6(10)11)3-5(4-7)12-2-1-9/h5,9H,1-4,8H2,(H,10,11). The SMILES string of the molecule is NC1(C(=O)O)CC(OCCO)C1. The fraction of sp³-hybridized carbons (Fsp3) is 0.857. The fourth-order valence-corrected chi connectivity index (χ4v) is 1.26. The second kappa shape index (κ2) is 3.38. The molecule has 12 heavy (non-hydrogen) atoms. The van der Waals surface area contributed by atoms with Crippen molar-refractivity contribution in [2.75, 3.05) is 13.2 Å². The molecule has 0 spiro atoms. The van der Waals surface area contributed by atoms with E-state index in [-0.39, 0.29) is 19.3 Å². The van der Waals surface area contributed by atoms with Crippen LogP contribution in [-0.2, 0) is 9.53 Å². The Balaban J connectivity index is 2.22. The summed E-state index contributed by atoms with van der Waals surface area (Å²) < 4.78 is 5.08. The summed E-state index contributed by atoms with van der Waals surface area (Å²) in [5.74, 6) is -0.980. The van der Waals surface area contributed by atoms with Crippen LogP contribution in [0.25, 0.3) is 0 Å². The van der Waals surface area contributed by atoms with E-state index in [1.807, 2.05) is 0 Å². The molecule has 1 aliphatic carbocycles. The van der Waals surface area contributed by atoms with Gasteiger partial charge in [0.1, 0.15) is 5.54 Å². The third-order valence-corrected chi connectivity index (χ3v) is 2.05. The minimum Gasteiger partial charge on any atom is -0.480 e. The number of hydrogen-bond donors (Lipinski definition) is 3. The molecule has 1 aliphatic rings. The number of aliphatic hydroxyl groups excluding tert-OH is 1. The summed E-state index contributed by atoms with van der Waals surface area (Å²) in [6.45, 7) is 0.210. The Morgan fingerprint density at radius 1 is 1.67 bits per heavy atom. The molecule has 5 nitrogen and oxygen atoms in total. The molecular weight excluding hydrogens is 162 g/mol. The number of rotatable bonds is 4. The highest BCUT2D eigenvalue weighted by molar-refractivity contribution is 5.80. The maximum atomic E-state index is 10.5. The Bertz CT molecular complexity index is 176. The van der Waals surface area contributed by atoms with Gasteiger partial charge in [0.2, 0.25) is 0 Å². The number of ether oxygens (including phenoxy) is 1. The quantitative estimate of drug-likeness (QED) is 0.506. The molecule has 0 aromatic heterocycles. The minimum absolute atomic E-state index is 0.0405. The number of aliphatic hydroxyl groups is 1. The molecule has 4 N–H and O–H groups in total. The molecule has 0 aliphatic heterocycles. The van der Waals surface area contributed by atoms with E-state index in [2.05, 4.69) is 0 Å². The van der Waals surface area contributed by atoms with Gasteiger partial charge in [-0.15, -0.1) is 0 Å². The van der Waals surface area contributed by atoms with Gasteiger partial charge in [-0.2, -0.15) is 0 Å². The molecule has 0 atom stereocenters. The van der Waals surface area contributed by atoms with E-state index in [4.69, 9.17) is 20.7 Å². The lowest BCUT2D eigenvalue weighted by molar-refractivity contribution is -0.154. The van der Waals surface area contributed by atoms with Crippen molar-refractivity contribution in [3.05, 3.63) is 0 Å². The zero-order chi connectivity index (χ0) is 9.19. The van der Waals surface area contributed by atoms with Crippen molar-refractivity contribution in [1.29, 1.82) is 0 Å². The molecule has 0 aromatic carbocycles. The Morgan fingerprint density at radius 3 is 2.67 bits per heavy atom. The monoisotopic (exact) mass is 175 g/mol. The van der Waals surface area contributed by atoms with E-state index in [9.17, 15) is 4.79 Å². The maximum absolute atomic E-state index is 10.5. The highest BCUT2D eigenvalue weighted by atomic mass is 16.5. The summed E-state index contributed by atoms with van der Waals surface area (Å²) in [7, 11) is 0. The normalized spacial score (nSPS) is 34.3. The predicted octanol–water partition coefficient (Wildman–Crippen LogP) is -1.06. The Morgan fingerprint density at radius 2 is 2.25 bits per heavy atom. The van der Waals surface area contributed by atoms with E-state index in [0.29, 0.717) is 12.8 Å². The summed E-state index contributed by atoms with van der Waals surface area (Å²) in [6, 6.07) is 0. The summed E-state index contributed by atoms with van der Waals surface area (Å²) in [5.41, 5.74) is 4.37. The molecular formula is C7H13NO4. The average Bonchev–Trinajstić information content (AvgIpc) is 1.95. The smallest absolute Gasteiger partial charge is 0.323 e. The zero-order valence-corrected chi connectivity index (χ0v) is 6.69. The molecule has 0 aromatic rings. The molecule has 0 amide bonds. The Kier molecular flexibility index (Phi) is 2.66. The molecule has 0 saturated heterocycles. The second-order valence-corrected chi connectivity index (χ2v) is 3.09. The van der Waals surface area contributed by atoms with Gasteiger partial charge in [-0.25, -0.2) is 0 Å². The van der Waals surface area contributed by atoms with Crippen LogP contribution in [0.1, 0.15) is 12.8 Å². The van der Waals surface area contributed by atoms with Crippen molar-refractivity contribution in [2.45, 2.75) is 24.5 Å². The number of carbonyl (C=O) groups is 1. The van der Waals surface area contributed by atoms with Gasteiger partial charge < -0.3 is 20.7 Å². The van der Waals surface area contributed by atoms with E-state index in [0.717, 1.165) is 0 Å². The summed E-state index contributed by atoms with van der Waals surface area (Å²) in [5, 5.41) is 17.0. The zero-order valence-electron chi connectivity index (χ0n) is 6.69. The highest BCUT2D eigenvalue weighted by Gasteiger charge is 2.47. The molecule has 70 valence electrons. The first-order valence-electron chi connectivity index (χ1n) is 3.83. The van der Waals surface area contributed by atoms with Crippen LogP contribution in [0.4, 0.5) is 0 Å². The summed E-state index contributed by atoms with van der Waals surface area (Å²) in [6.07, 6.45) is 0.572. The van der Waals surface area contributed by atoms with Crippen LogP contribution in [0.15, 0.2) is 0 Å². The van der Waals surface area contributed by atoms with Crippen LogP contribution >= 0.6 is 0 Å². The molecule has 0 unspecified atom stereocenters. The first-order chi connectivity index (χ1) is 5.58. The average molecular weight is 175 g/mol. The van der Waals surface area contributed by atoms with E-state index in [1.165, 1.54) is 0 Å². The van der Waals surface area contributed by atoms with Gasteiger partial charge in [0.05, 0.1) is 19.3 Å². The van der Waals surface area contributed by atoms with Crippen LogP contribution in [0.3, 0.4) is 0 Å². The summed E-state index contributed by atoms with van der Waals surface area (Å²) in [4.78, 5) is 10.5. The molecule has 0 radical (unpaired) electrons. The number of carboxylic acids is 1.